The van der Waals surface area contributed by atoms with E-state index in [9.17, 15) is 22.4 Å². The summed E-state index contributed by atoms with van der Waals surface area (Å²) in [5.41, 5.74) is 0.329. The van der Waals surface area contributed by atoms with Crippen LogP contribution < -0.4 is 4.90 Å². The maximum Gasteiger partial charge on any atom is 0.417 e. The normalized spacial score (nSPS) is 11.3. The first-order valence-corrected chi connectivity index (χ1v) is 11.6. The number of hydrogen-bond acceptors (Lipinski definition) is 3. The van der Waals surface area contributed by atoms with Gasteiger partial charge in [0.2, 0.25) is 0 Å². The third-order valence-corrected chi connectivity index (χ3v) is 5.44. The van der Waals surface area contributed by atoms with E-state index in [0.717, 1.165) is 37.3 Å². The quantitative estimate of drug-likeness (QED) is 0.213. The van der Waals surface area contributed by atoms with Gasteiger partial charge in [-0.25, -0.2) is 9.37 Å². The second-order valence-electron chi connectivity index (χ2n) is 7.66. The van der Waals surface area contributed by atoms with E-state index in [4.69, 9.17) is 0 Å². The fraction of sp³-hybridized carbons (Fsp3) is 0.308. The maximum absolute atomic E-state index is 14.7. The van der Waals surface area contributed by atoms with Gasteiger partial charge in [0.05, 0.1) is 16.8 Å². The Bertz CT molecular complexity index is 1310. The van der Waals surface area contributed by atoms with Crippen molar-refractivity contribution < 1.29 is 22.4 Å². The fourth-order valence-electron chi connectivity index (χ4n) is 3.86. The number of nitrogens with one attached hydrogen (secondary N) is 2. The summed E-state index contributed by atoms with van der Waals surface area (Å²) >= 11 is 0. The summed E-state index contributed by atoms with van der Waals surface area (Å²) in [7, 11) is 0. The zero-order valence-corrected chi connectivity index (χ0v) is 20.1. The molecule has 0 radical (unpaired) electrons. The molecule has 35 heavy (non-hydrogen) atoms. The van der Waals surface area contributed by atoms with Gasteiger partial charge in [0.25, 0.3) is 0 Å². The monoisotopic (exact) mass is 488 g/mol. The van der Waals surface area contributed by atoms with Crippen molar-refractivity contribution in [2.75, 3.05) is 18.0 Å². The number of ketones is 1. The van der Waals surface area contributed by atoms with E-state index in [1.807, 2.05) is 38.7 Å². The first kappa shape index (κ1) is 26.0. The molecule has 0 saturated heterocycles. The summed E-state index contributed by atoms with van der Waals surface area (Å²) in [6.45, 7) is 9.54. The van der Waals surface area contributed by atoms with Gasteiger partial charge in [-0.15, -0.1) is 0 Å². The Balaban J connectivity index is 0.00000167. The number of aromatic amines is 2. The molecule has 5 nitrogen and oxygen atoms in total. The van der Waals surface area contributed by atoms with Crippen LogP contribution in [-0.2, 0) is 6.18 Å². The van der Waals surface area contributed by atoms with Crippen LogP contribution in [0.2, 0.25) is 0 Å². The number of nitrogens with zero attached hydrogens (tertiary/aromatic N) is 2. The van der Waals surface area contributed by atoms with Crippen molar-refractivity contribution in [3.05, 3.63) is 71.2 Å². The average molecular weight is 489 g/mol. The lowest BCUT2D eigenvalue weighted by Gasteiger charge is -2.22. The Morgan fingerprint density at radius 2 is 1.80 bits per heavy atom. The molecule has 2 aromatic carbocycles. The van der Waals surface area contributed by atoms with Crippen LogP contribution in [-0.4, -0.2) is 33.8 Å². The van der Waals surface area contributed by atoms with Crippen LogP contribution in [0.25, 0.3) is 22.6 Å². The molecular formula is C26H28F4N4O. The number of hydrogen-bond donors (Lipinski definition) is 2. The van der Waals surface area contributed by atoms with E-state index >= 15 is 0 Å². The summed E-state index contributed by atoms with van der Waals surface area (Å²) in [4.78, 5) is 25.0. The average Bonchev–Trinajstić information content (AvgIpc) is 3.50. The number of benzene rings is 2. The Labute approximate surface area is 201 Å². The number of aromatic nitrogens is 3. The number of carbonyl (C=O) groups is 1. The molecule has 0 bridgehead atoms. The third-order valence-electron chi connectivity index (χ3n) is 5.44. The molecule has 0 unspecified atom stereocenters. The molecule has 4 rings (SSSR count). The van der Waals surface area contributed by atoms with Crippen LogP contribution in [0.4, 0.5) is 23.2 Å². The minimum absolute atomic E-state index is 0.0448. The molecule has 2 heterocycles. The van der Waals surface area contributed by atoms with Gasteiger partial charge in [0.15, 0.2) is 17.4 Å². The molecule has 0 atom stereocenters. The largest absolute Gasteiger partial charge is 0.417 e. The highest BCUT2D eigenvalue weighted by Crippen LogP contribution is 2.33. The van der Waals surface area contributed by atoms with E-state index < -0.39 is 28.9 Å². The molecule has 9 heteroatoms. The van der Waals surface area contributed by atoms with Crippen molar-refractivity contribution in [3.63, 3.8) is 0 Å². The van der Waals surface area contributed by atoms with Crippen LogP contribution in [0.5, 0.6) is 0 Å². The van der Waals surface area contributed by atoms with Gasteiger partial charge in [-0.2, -0.15) is 13.2 Å². The van der Waals surface area contributed by atoms with E-state index in [2.05, 4.69) is 15.0 Å². The summed E-state index contributed by atoms with van der Waals surface area (Å²) < 4.78 is 54.6. The van der Waals surface area contributed by atoms with Gasteiger partial charge in [-0.05, 0) is 37.6 Å². The second-order valence-corrected chi connectivity index (χ2v) is 7.66. The Morgan fingerprint density at radius 3 is 2.46 bits per heavy atom. The van der Waals surface area contributed by atoms with Crippen molar-refractivity contribution in [2.45, 2.75) is 40.3 Å². The molecule has 0 fully saturated rings. The molecule has 2 N–H and O–H groups in total. The lowest BCUT2D eigenvalue weighted by molar-refractivity contribution is -0.137. The van der Waals surface area contributed by atoms with E-state index in [1.54, 1.807) is 0 Å². The highest BCUT2D eigenvalue weighted by atomic mass is 19.4. The summed E-state index contributed by atoms with van der Waals surface area (Å²) in [6.07, 6.45) is -2.41. The summed E-state index contributed by atoms with van der Waals surface area (Å²) in [5.74, 6) is -0.975. The second kappa shape index (κ2) is 10.8. The fourth-order valence-corrected chi connectivity index (χ4v) is 3.86. The lowest BCUT2D eigenvalue weighted by Crippen LogP contribution is -2.23. The molecule has 0 aliphatic carbocycles. The highest BCUT2D eigenvalue weighted by molar-refractivity contribution is 6.10. The van der Waals surface area contributed by atoms with Gasteiger partial charge < -0.3 is 14.9 Å². The molecule has 0 amide bonds. The molecule has 2 aromatic heterocycles. The first-order chi connectivity index (χ1) is 16.7. The predicted molar refractivity (Wildman–Crippen MR) is 130 cm³/mol. The van der Waals surface area contributed by atoms with Crippen LogP contribution >= 0.6 is 0 Å². The van der Waals surface area contributed by atoms with Crippen molar-refractivity contribution in [1.82, 2.24) is 15.0 Å². The predicted octanol–water partition coefficient (Wildman–Crippen LogP) is 7.21. The molecule has 0 aliphatic heterocycles. The minimum atomic E-state index is -4.65. The van der Waals surface area contributed by atoms with Crippen LogP contribution in [0.1, 0.15) is 55.6 Å². The van der Waals surface area contributed by atoms with E-state index in [1.165, 1.54) is 30.5 Å². The Kier molecular flexibility index (Phi) is 7.99. The molecule has 0 aliphatic rings. The molecule has 0 saturated carbocycles. The SMILES string of the molecule is CC.CCCN(CC)c1cc(F)c2nc(-c3cc(C(=O)c4ccccc4C(F)(F)F)c[nH]3)[nH]c2c1. The summed E-state index contributed by atoms with van der Waals surface area (Å²) in [6, 6.07) is 9.28. The number of imidazole rings is 1. The lowest BCUT2D eigenvalue weighted by atomic mass is 9.99. The van der Waals surface area contributed by atoms with Crippen LogP contribution in [0.15, 0.2) is 48.7 Å². The van der Waals surface area contributed by atoms with Crippen LogP contribution in [0.3, 0.4) is 0 Å². The topological polar surface area (TPSA) is 64.8 Å². The Hall–Kier alpha value is -3.62. The number of anilines is 1. The van der Waals surface area contributed by atoms with Gasteiger partial charge in [0, 0.05) is 36.1 Å². The summed E-state index contributed by atoms with van der Waals surface area (Å²) in [5, 5.41) is 0. The van der Waals surface area contributed by atoms with Gasteiger partial charge in [0.1, 0.15) is 5.52 Å². The number of fused-ring (bicyclic) bond motifs is 1. The van der Waals surface area contributed by atoms with E-state index in [0.29, 0.717) is 11.2 Å². The van der Waals surface area contributed by atoms with Crippen molar-refractivity contribution in [3.8, 4) is 11.5 Å². The van der Waals surface area contributed by atoms with Crippen molar-refractivity contribution >= 4 is 22.5 Å². The minimum Gasteiger partial charge on any atom is -0.372 e. The maximum atomic E-state index is 14.7. The molecule has 4 aromatic rings. The first-order valence-electron chi connectivity index (χ1n) is 11.6. The Morgan fingerprint density at radius 1 is 1.09 bits per heavy atom. The number of H-pyrrole nitrogens is 2. The molecular weight excluding hydrogens is 460 g/mol. The van der Waals surface area contributed by atoms with Crippen molar-refractivity contribution in [2.24, 2.45) is 0 Å². The third kappa shape index (κ3) is 5.39. The van der Waals surface area contributed by atoms with Gasteiger partial charge >= 0.3 is 6.18 Å². The number of halogens is 4. The molecule has 186 valence electrons. The number of rotatable bonds is 7. The zero-order valence-electron chi connectivity index (χ0n) is 20.1. The zero-order chi connectivity index (χ0) is 25.8. The highest BCUT2D eigenvalue weighted by Gasteiger charge is 2.35. The van der Waals surface area contributed by atoms with Gasteiger partial charge in [-0.1, -0.05) is 39.0 Å². The molecule has 0 spiro atoms. The van der Waals surface area contributed by atoms with E-state index in [-0.39, 0.29) is 16.9 Å². The van der Waals surface area contributed by atoms with Gasteiger partial charge in [-0.3, -0.25) is 4.79 Å². The van der Waals surface area contributed by atoms with Crippen LogP contribution in [0, 0.1) is 5.82 Å². The smallest absolute Gasteiger partial charge is 0.372 e. The standard InChI is InChI=1S/C24H22F4N4O.C2H6/c1-3-9-32(4-2)15-11-18(25)21-19(12-15)30-23(31-21)20-10-14(13-29-20)22(33)16-7-5-6-8-17(16)24(26,27)28;1-2/h5-8,10-13,29H,3-4,9H2,1-2H3,(H,30,31);1-2H3. The number of carbonyl (C=O) groups excluding carboxylic acids is 1. The number of alkyl halides is 3. The van der Waals surface area contributed by atoms with Crippen molar-refractivity contribution in [1.29, 1.82) is 0 Å².